The van der Waals surface area contributed by atoms with E-state index in [1.165, 1.54) is 12.1 Å². The Balaban J connectivity index is 2.12. The van der Waals surface area contributed by atoms with Crippen molar-refractivity contribution < 1.29 is 14.8 Å². The number of nitro benzene ring substituents is 1. The van der Waals surface area contributed by atoms with Crippen LogP contribution in [-0.2, 0) is 4.74 Å². The standard InChI is InChI=1S/C13H19N3O4/c1-15(9-13(17)4-6-20-7-5-13)12-3-2-10(16(18)19)8-11(12)14/h2-3,8,17H,4-7,9,14H2,1H3. The number of nitrogens with two attached hydrogens (primary N) is 1. The van der Waals surface area contributed by atoms with Gasteiger partial charge < -0.3 is 20.5 Å². The van der Waals surface area contributed by atoms with Crippen LogP contribution < -0.4 is 10.6 Å². The number of nitrogen functional groups attached to an aromatic ring is 1. The molecule has 0 atom stereocenters. The van der Waals surface area contributed by atoms with Gasteiger partial charge in [0.1, 0.15) is 0 Å². The lowest BCUT2D eigenvalue weighted by Gasteiger charge is -2.36. The Morgan fingerprint density at radius 1 is 1.50 bits per heavy atom. The van der Waals surface area contributed by atoms with Gasteiger partial charge in [0.25, 0.3) is 5.69 Å². The van der Waals surface area contributed by atoms with Gasteiger partial charge in [-0.3, -0.25) is 10.1 Å². The van der Waals surface area contributed by atoms with Crippen molar-refractivity contribution in [3.63, 3.8) is 0 Å². The van der Waals surface area contributed by atoms with Gasteiger partial charge in [-0.05, 0) is 6.07 Å². The van der Waals surface area contributed by atoms with Crippen molar-refractivity contribution in [2.24, 2.45) is 0 Å². The summed E-state index contributed by atoms with van der Waals surface area (Å²) in [5.74, 6) is 0. The van der Waals surface area contributed by atoms with Crippen LogP contribution in [0.4, 0.5) is 17.1 Å². The largest absolute Gasteiger partial charge is 0.397 e. The molecule has 0 radical (unpaired) electrons. The highest BCUT2D eigenvalue weighted by molar-refractivity contribution is 5.70. The molecular weight excluding hydrogens is 262 g/mol. The van der Waals surface area contributed by atoms with E-state index >= 15 is 0 Å². The lowest BCUT2D eigenvalue weighted by Crippen LogP contribution is -2.45. The maximum absolute atomic E-state index is 10.7. The Morgan fingerprint density at radius 3 is 2.70 bits per heavy atom. The average Bonchev–Trinajstić information content (AvgIpc) is 2.38. The second-order valence-electron chi connectivity index (χ2n) is 5.19. The van der Waals surface area contributed by atoms with Gasteiger partial charge in [0.2, 0.25) is 0 Å². The van der Waals surface area contributed by atoms with Crippen LogP contribution in [0.2, 0.25) is 0 Å². The summed E-state index contributed by atoms with van der Waals surface area (Å²) < 4.78 is 5.24. The third kappa shape index (κ3) is 3.17. The molecule has 1 heterocycles. The number of hydrogen-bond acceptors (Lipinski definition) is 6. The van der Waals surface area contributed by atoms with E-state index in [9.17, 15) is 15.2 Å². The van der Waals surface area contributed by atoms with E-state index in [1.54, 1.807) is 6.07 Å². The topological polar surface area (TPSA) is 102 Å². The maximum Gasteiger partial charge on any atom is 0.271 e. The molecule has 1 aromatic rings. The molecule has 0 saturated carbocycles. The van der Waals surface area contributed by atoms with Crippen LogP contribution in [-0.4, -0.2) is 42.4 Å². The van der Waals surface area contributed by atoms with E-state index in [1.807, 2.05) is 11.9 Å². The molecule has 7 nitrogen and oxygen atoms in total. The first kappa shape index (κ1) is 14.5. The number of non-ortho nitro benzene ring substituents is 1. The Kier molecular flexibility index (Phi) is 4.10. The van der Waals surface area contributed by atoms with Gasteiger partial charge in [0.15, 0.2) is 0 Å². The number of benzene rings is 1. The van der Waals surface area contributed by atoms with E-state index in [2.05, 4.69) is 0 Å². The molecule has 0 aromatic heterocycles. The van der Waals surface area contributed by atoms with Gasteiger partial charge in [-0.25, -0.2) is 0 Å². The molecule has 7 heteroatoms. The molecule has 110 valence electrons. The average molecular weight is 281 g/mol. The number of rotatable bonds is 4. The minimum Gasteiger partial charge on any atom is -0.397 e. The predicted molar refractivity (Wildman–Crippen MR) is 75.8 cm³/mol. The molecule has 1 aliphatic heterocycles. The van der Waals surface area contributed by atoms with Crippen molar-refractivity contribution in [1.29, 1.82) is 0 Å². The van der Waals surface area contributed by atoms with Crippen LogP contribution in [0.25, 0.3) is 0 Å². The first-order valence-electron chi connectivity index (χ1n) is 6.46. The molecule has 20 heavy (non-hydrogen) atoms. The fourth-order valence-corrected chi connectivity index (χ4v) is 2.44. The highest BCUT2D eigenvalue weighted by atomic mass is 16.6. The van der Waals surface area contributed by atoms with Crippen LogP contribution in [0, 0.1) is 10.1 Å². The lowest BCUT2D eigenvalue weighted by atomic mass is 9.93. The Labute approximate surface area is 117 Å². The fraction of sp³-hybridized carbons (Fsp3) is 0.538. The number of likely N-dealkylation sites (N-methyl/N-ethyl adjacent to an activating group) is 1. The van der Waals surface area contributed by atoms with Crippen LogP contribution in [0.5, 0.6) is 0 Å². The summed E-state index contributed by atoms with van der Waals surface area (Å²) in [4.78, 5) is 12.0. The summed E-state index contributed by atoms with van der Waals surface area (Å²) in [7, 11) is 1.81. The van der Waals surface area contributed by atoms with Crippen LogP contribution in [0.15, 0.2) is 18.2 Å². The second kappa shape index (κ2) is 5.64. The number of hydrogen-bond donors (Lipinski definition) is 2. The zero-order chi connectivity index (χ0) is 14.8. The summed E-state index contributed by atoms with van der Waals surface area (Å²) >= 11 is 0. The molecular formula is C13H19N3O4. The molecule has 0 unspecified atom stereocenters. The van der Waals surface area contributed by atoms with Crippen molar-refractivity contribution in [2.45, 2.75) is 18.4 Å². The predicted octanol–water partition coefficient (Wildman–Crippen LogP) is 1.15. The summed E-state index contributed by atoms with van der Waals surface area (Å²) in [6.07, 6.45) is 1.15. The van der Waals surface area contributed by atoms with Gasteiger partial charge in [-0.1, -0.05) is 0 Å². The molecule has 0 aliphatic carbocycles. The quantitative estimate of drug-likeness (QED) is 0.487. The van der Waals surface area contributed by atoms with Gasteiger partial charge in [0, 0.05) is 51.8 Å². The molecule has 0 spiro atoms. The Morgan fingerprint density at radius 2 is 2.15 bits per heavy atom. The summed E-state index contributed by atoms with van der Waals surface area (Å²) in [6.45, 7) is 1.50. The van der Waals surface area contributed by atoms with Crippen molar-refractivity contribution in [3.05, 3.63) is 28.3 Å². The summed E-state index contributed by atoms with van der Waals surface area (Å²) in [5, 5.41) is 21.2. The van der Waals surface area contributed by atoms with Crippen LogP contribution in [0.1, 0.15) is 12.8 Å². The normalized spacial score (nSPS) is 17.7. The van der Waals surface area contributed by atoms with E-state index in [-0.39, 0.29) is 5.69 Å². The highest BCUT2D eigenvalue weighted by Crippen LogP contribution is 2.29. The highest BCUT2D eigenvalue weighted by Gasteiger charge is 2.31. The second-order valence-corrected chi connectivity index (χ2v) is 5.19. The van der Waals surface area contributed by atoms with Gasteiger partial charge in [-0.15, -0.1) is 0 Å². The molecule has 0 amide bonds. The van der Waals surface area contributed by atoms with E-state index in [4.69, 9.17) is 10.5 Å². The van der Waals surface area contributed by atoms with Crippen molar-refractivity contribution in [1.82, 2.24) is 0 Å². The number of anilines is 2. The molecule has 0 bridgehead atoms. The van der Waals surface area contributed by atoms with Crippen molar-refractivity contribution >= 4 is 17.1 Å². The first-order valence-corrected chi connectivity index (χ1v) is 6.46. The van der Waals surface area contributed by atoms with Crippen molar-refractivity contribution in [3.8, 4) is 0 Å². The van der Waals surface area contributed by atoms with Gasteiger partial charge >= 0.3 is 0 Å². The van der Waals surface area contributed by atoms with Crippen LogP contribution in [0.3, 0.4) is 0 Å². The lowest BCUT2D eigenvalue weighted by molar-refractivity contribution is -0.384. The minimum absolute atomic E-state index is 0.0376. The van der Waals surface area contributed by atoms with E-state index in [0.29, 0.717) is 44.0 Å². The third-order valence-electron chi connectivity index (χ3n) is 3.59. The Hall–Kier alpha value is -1.86. The minimum atomic E-state index is -0.804. The molecule has 1 aromatic carbocycles. The zero-order valence-corrected chi connectivity index (χ0v) is 11.4. The third-order valence-corrected chi connectivity index (χ3v) is 3.59. The number of nitro groups is 1. The summed E-state index contributed by atoms with van der Waals surface area (Å²) in [6, 6.07) is 4.35. The molecule has 1 fully saturated rings. The van der Waals surface area contributed by atoms with Gasteiger partial charge in [-0.2, -0.15) is 0 Å². The zero-order valence-electron chi connectivity index (χ0n) is 11.4. The van der Waals surface area contributed by atoms with E-state index in [0.717, 1.165) is 0 Å². The van der Waals surface area contributed by atoms with Crippen molar-refractivity contribution in [2.75, 3.05) is 37.4 Å². The van der Waals surface area contributed by atoms with Gasteiger partial charge in [0.05, 0.1) is 21.9 Å². The maximum atomic E-state index is 10.7. The number of nitrogens with zero attached hydrogens (tertiary/aromatic N) is 2. The molecule has 3 N–H and O–H groups in total. The fourth-order valence-electron chi connectivity index (χ4n) is 2.44. The number of ether oxygens (including phenoxy) is 1. The monoisotopic (exact) mass is 281 g/mol. The smallest absolute Gasteiger partial charge is 0.271 e. The first-order chi connectivity index (χ1) is 9.41. The number of aliphatic hydroxyl groups is 1. The van der Waals surface area contributed by atoms with E-state index < -0.39 is 10.5 Å². The van der Waals surface area contributed by atoms with Crippen LogP contribution >= 0.6 is 0 Å². The molecule has 1 saturated heterocycles. The SMILES string of the molecule is CN(CC1(O)CCOCC1)c1ccc([N+](=O)[O-])cc1N. The molecule has 2 rings (SSSR count). The summed E-state index contributed by atoms with van der Waals surface area (Å²) in [5.41, 5.74) is 6.02. The Bertz CT molecular complexity index is 500. The molecule has 1 aliphatic rings.